The molecule has 8 heteroatoms. The molecular formula is C21H25FN4O3. The number of nitrogens with zero attached hydrogens (tertiary/aromatic N) is 3. The third-order valence-corrected chi connectivity index (χ3v) is 4.98. The highest BCUT2D eigenvalue weighted by molar-refractivity contribution is 5.93. The molecule has 1 aliphatic heterocycles. The summed E-state index contributed by atoms with van der Waals surface area (Å²) in [6.07, 6.45) is 3.48. The number of aromatic nitrogens is 1. The number of carboxylic acid groups (broad SMARTS) is 1. The zero-order valence-electron chi connectivity index (χ0n) is 16.1. The van der Waals surface area contributed by atoms with E-state index in [0.29, 0.717) is 12.2 Å². The number of benzene rings is 1. The molecule has 0 unspecified atom stereocenters. The standard InChI is InChI=1S/C21H25FN4O3/c22-18-3-5-19(6-4-18)24-20(27)12-17(21(28)29)15-26-10-8-25(9-11-26)14-16-2-1-7-23-13-16/h1-7,13,17H,8-12,14-15H2,(H,24,27)(H,28,29)/t17-/m1/s1. The molecule has 1 amide bonds. The molecule has 154 valence electrons. The third-order valence-electron chi connectivity index (χ3n) is 4.98. The summed E-state index contributed by atoms with van der Waals surface area (Å²) in [7, 11) is 0. The van der Waals surface area contributed by atoms with Gasteiger partial charge in [0.05, 0.1) is 5.92 Å². The Kier molecular flexibility index (Phi) is 7.26. The van der Waals surface area contributed by atoms with Gasteiger partial charge in [0.2, 0.25) is 5.91 Å². The minimum Gasteiger partial charge on any atom is -0.481 e. The van der Waals surface area contributed by atoms with Gasteiger partial charge in [0.1, 0.15) is 5.82 Å². The number of hydrogen-bond donors (Lipinski definition) is 2. The summed E-state index contributed by atoms with van der Waals surface area (Å²) in [5.74, 6) is -2.56. The van der Waals surface area contributed by atoms with E-state index in [-0.39, 0.29) is 12.3 Å². The topological polar surface area (TPSA) is 85.8 Å². The Morgan fingerprint density at radius 3 is 2.41 bits per heavy atom. The maximum atomic E-state index is 12.9. The number of nitrogens with one attached hydrogen (secondary N) is 1. The van der Waals surface area contributed by atoms with E-state index >= 15 is 0 Å². The molecule has 1 saturated heterocycles. The second kappa shape index (κ2) is 10.1. The first-order valence-electron chi connectivity index (χ1n) is 9.61. The Morgan fingerprint density at radius 2 is 1.79 bits per heavy atom. The number of carbonyl (C=O) groups excluding carboxylic acids is 1. The first-order chi connectivity index (χ1) is 14.0. The largest absolute Gasteiger partial charge is 0.481 e. The van der Waals surface area contributed by atoms with Gasteiger partial charge in [-0.3, -0.25) is 24.4 Å². The van der Waals surface area contributed by atoms with Gasteiger partial charge in [-0.05, 0) is 35.9 Å². The fraction of sp³-hybridized carbons (Fsp3) is 0.381. The molecular weight excluding hydrogens is 375 g/mol. The van der Waals surface area contributed by atoms with Crippen LogP contribution in [0.2, 0.25) is 0 Å². The Bertz CT molecular complexity index is 808. The van der Waals surface area contributed by atoms with Crippen molar-refractivity contribution < 1.29 is 19.1 Å². The highest BCUT2D eigenvalue weighted by Crippen LogP contribution is 2.14. The van der Waals surface area contributed by atoms with E-state index in [1.54, 1.807) is 6.20 Å². The van der Waals surface area contributed by atoms with Gasteiger partial charge in [0.15, 0.2) is 0 Å². The molecule has 2 aromatic rings. The molecule has 2 N–H and O–H groups in total. The van der Waals surface area contributed by atoms with Crippen molar-refractivity contribution in [1.29, 1.82) is 0 Å². The van der Waals surface area contributed by atoms with Crippen LogP contribution >= 0.6 is 0 Å². The average Bonchev–Trinajstić information content (AvgIpc) is 2.71. The lowest BCUT2D eigenvalue weighted by Crippen LogP contribution is -2.48. The first-order valence-corrected chi connectivity index (χ1v) is 9.61. The van der Waals surface area contributed by atoms with E-state index in [1.807, 2.05) is 18.3 Å². The molecule has 0 spiro atoms. The SMILES string of the molecule is O=C(C[C@H](CN1CCN(Cc2cccnc2)CC1)C(=O)O)Nc1ccc(F)cc1. The number of hydrogen-bond acceptors (Lipinski definition) is 5. The number of anilines is 1. The minimum atomic E-state index is -0.989. The maximum absolute atomic E-state index is 12.9. The van der Waals surface area contributed by atoms with Gasteiger partial charge in [0, 0.05) is 63.8 Å². The molecule has 1 aromatic carbocycles. The zero-order valence-corrected chi connectivity index (χ0v) is 16.1. The smallest absolute Gasteiger partial charge is 0.308 e. The van der Waals surface area contributed by atoms with E-state index in [1.165, 1.54) is 24.3 Å². The number of piperazine rings is 1. The third kappa shape index (κ3) is 6.62. The van der Waals surface area contributed by atoms with E-state index in [2.05, 4.69) is 20.1 Å². The maximum Gasteiger partial charge on any atom is 0.308 e. The fourth-order valence-corrected chi connectivity index (χ4v) is 3.39. The number of aliphatic carboxylic acids is 1. The van der Waals surface area contributed by atoms with Crippen LogP contribution in [0.25, 0.3) is 0 Å². The van der Waals surface area contributed by atoms with Crippen LogP contribution in [0.4, 0.5) is 10.1 Å². The monoisotopic (exact) mass is 400 g/mol. The molecule has 1 aromatic heterocycles. The van der Waals surface area contributed by atoms with Crippen LogP contribution in [0, 0.1) is 11.7 Å². The van der Waals surface area contributed by atoms with Crippen molar-refractivity contribution in [1.82, 2.24) is 14.8 Å². The van der Waals surface area contributed by atoms with Gasteiger partial charge in [-0.15, -0.1) is 0 Å². The molecule has 29 heavy (non-hydrogen) atoms. The highest BCUT2D eigenvalue weighted by Gasteiger charge is 2.26. The summed E-state index contributed by atoms with van der Waals surface area (Å²) in [4.78, 5) is 32.4. The predicted octanol–water partition coefficient (Wildman–Crippen LogP) is 2.07. The predicted molar refractivity (Wildman–Crippen MR) is 107 cm³/mol. The van der Waals surface area contributed by atoms with E-state index in [0.717, 1.165) is 38.3 Å². The lowest BCUT2D eigenvalue weighted by Gasteiger charge is -2.35. The first kappa shape index (κ1) is 20.9. The summed E-state index contributed by atoms with van der Waals surface area (Å²) in [5.41, 5.74) is 1.60. The quantitative estimate of drug-likeness (QED) is 0.706. The van der Waals surface area contributed by atoms with Crippen LogP contribution in [-0.2, 0) is 16.1 Å². The summed E-state index contributed by atoms with van der Waals surface area (Å²) in [6, 6.07) is 9.35. The number of halogens is 1. The molecule has 3 rings (SSSR count). The molecule has 1 fully saturated rings. The molecule has 7 nitrogen and oxygen atoms in total. The summed E-state index contributed by atoms with van der Waals surface area (Å²) < 4.78 is 12.9. The van der Waals surface area contributed by atoms with Crippen LogP contribution < -0.4 is 5.32 Å². The Morgan fingerprint density at radius 1 is 1.10 bits per heavy atom. The molecule has 0 bridgehead atoms. The molecule has 1 aliphatic rings. The number of rotatable bonds is 8. The van der Waals surface area contributed by atoms with Gasteiger partial charge in [-0.25, -0.2) is 4.39 Å². The van der Waals surface area contributed by atoms with Crippen LogP contribution in [0.15, 0.2) is 48.8 Å². The molecule has 0 radical (unpaired) electrons. The van der Waals surface area contributed by atoms with E-state index in [9.17, 15) is 19.1 Å². The van der Waals surface area contributed by atoms with Crippen LogP contribution in [0.3, 0.4) is 0 Å². The Balaban J connectivity index is 1.46. The normalized spacial score (nSPS) is 16.3. The van der Waals surface area contributed by atoms with Crippen LogP contribution in [0.5, 0.6) is 0 Å². The summed E-state index contributed by atoms with van der Waals surface area (Å²) in [5, 5.41) is 12.2. The Labute approximate surface area is 169 Å². The second-order valence-electron chi connectivity index (χ2n) is 7.23. The molecule has 2 heterocycles. The lowest BCUT2D eigenvalue weighted by molar-refractivity contribution is -0.144. The second-order valence-corrected chi connectivity index (χ2v) is 7.23. The number of amides is 1. The number of carboxylic acids is 1. The number of pyridine rings is 1. The molecule has 0 aliphatic carbocycles. The number of carbonyl (C=O) groups is 2. The van der Waals surface area contributed by atoms with Crippen molar-refractivity contribution in [3.05, 3.63) is 60.2 Å². The lowest BCUT2D eigenvalue weighted by atomic mass is 10.0. The zero-order chi connectivity index (χ0) is 20.6. The molecule has 1 atom stereocenters. The minimum absolute atomic E-state index is 0.122. The van der Waals surface area contributed by atoms with Gasteiger partial charge in [0.25, 0.3) is 0 Å². The van der Waals surface area contributed by atoms with Crippen LogP contribution in [0.1, 0.15) is 12.0 Å². The molecule has 0 saturated carbocycles. The average molecular weight is 400 g/mol. The van der Waals surface area contributed by atoms with Crippen molar-refractivity contribution in [2.45, 2.75) is 13.0 Å². The van der Waals surface area contributed by atoms with Crippen molar-refractivity contribution in [3.63, 3.8) is 0 Å². The van der Waals surface area contributed by atoms with Gasteiger partial charge in [-0.1, -0.05) is 6.07 Å². The summed E-state index contributed by atoms with van der Waals surface area (Å²) >= 11 is 0. The van der Waals surface area contributed by atoms with Crippen molar-refractivity contribution in [2.24, 2.45) is 5.92 Å². The Hall–Kier alpha value is -2.84. The van der Waals surface area contributed by atoms with E-state index in [4.69, 9.17) is 0 Å². The van der Waals surface area contributed by atoms with Gasteiger partial charge < -0.3 is 10.4 Å². The van der Waals surface area contributed by atoms with Crippen LogP contribution in [-0.4, -0.2) is 64.5 Å². The van der Waals surface area contributed by atoms with Gasteiger partial charge >= 0.3 is 5.97 Å². The fourth-order valence-electron chi connectivity index (χ4n) is 3.39. The highest BCUT2D eigenvalue weighted by atomic mass is 19.1. The van der Waals surface area contributed by atoms with Gasteiger partial charge in [-0.2, -0.15) is 0 Å². The summed E-state index contributed by atoms with van der Waals surface area (Å²) in [6.45, 7) is 4.33. The van der Waals surface area contributed by atoms with Crippen molar-refractivity contribution >= 4 is 17.6 Å². The van der Waals surface area contributed by atoms with Crippen molar-refractivity contribution in [3.8, 4) is 0 Å². The van der Waals surface area contributed by atoms with E-state index < -0.39 is 17.7 Å². The van der Waals surface area contributed by atoms with Crippen molar-refractivity contribution in [2.75, 3.05) is 38.0 Å².